The number of urea groups is 1. The molecule has 1 saturated heterocycles. The molecule has 1 aliphatic rings. The number of rotatable bonds is 3. The van der Waals surface area contributed by atoms with Crippen molar-refractivity contribution in [3.63, 3.8) is 0 Å². The summed E-state index contributed by atoms with van der Waals surface area (Å²) < 4.78 is 0. The minimum atomic E-state index is -0.820. The topological polar surface area (TPSA) is 60.9 Å². The third-order valence-corrected chi connectivity index (χ3v) is 4.03. The minimum Gasteiger partial charge on any atom is -0.481 e. The summed E-state index contributed by atoms with van der Waals surface area (Å²) in [4.78, 5) is 26.8. The van der Waals surface area contributed by atoms with Gasteiger partial charge in [0.25, 0.3) is 0 Å². The summed E-state index contributed by atoms with van der Waals surface area (Å²) in [5.74, 6) is -1.28. The average Bonchev–Trinajstić information content (AvgIpc) is 2.80. The highest BCUT2D eigenvalue weighted by atomic mass is 16.4. The van der Waals surface area contributed by atoms with E-state index in [1.54, 1.807) is 16.8 Å². The largest absolute Gasteiger partial charge is 0.481 e. The Kier molecular flexibility index (Phi) is 4.50. The monoisotopic (exact) mass is 290 g/mol. The second-order valence-electron chi connectivity index (χ2n) is 5.95. The fraction of sp³-hybridized carbons (Fsp3) is 0.500. The summed E-state index contributed by atoms with van der Waals surface area (Å²) in [6.07, 6.45) is 0. The fourth-order valence-electron chi connectivity index (χ4n) is 2.84. The molecule has 0 bridgehead atoms. The van der Waals surface area contributed by atoms with E-state index < -0.39 is 11.9 Å². The van der Waals surface area contributed by atoms with E-state index in [-0.39, 0.29) is 11.9 Å². The zero-order valence-electron chi connectivity index (χ0n) is 12.7. The molecule has 0 aromatic heterocycles. The van der Waals surface area contributed by atoms with Gasteiger partial charge in [-0.3, -0.25) is 4.79 Å². The van der Waals surface area contributed by atoms with Crippen LogP contribution in [0.4, 0.5) is 4.79 Å². The highest BCUT2D eigenvalue weighted by Gasteiger charge is 2.37. The first-order chi connectivity index (χ1) is 9.88. The van der Waals surface area contributed by atoms with E-state index in [1.165, 1.54) is 0 Å². The van der Waals surface area contributed by atoms with Gasteiger partial charge in [-0.05, 0) is 18.4 Å². The molecule has 0 radical (unpaired) electrons. The number of aliphatic carboxylic acids is 1. The highest BCUT2D eigenvalue weighted by Crippen LogP contribution is 2.24. The van der Waals surface area contributed by atoms with Gasteiger partial charge in [0.2, 0.25) is 0 Å². The first-order valence-corrected chi connectivity index (χ1v) is 7.17. The van der Waals surface area contributed by atoms with Crippen molar-refractivity contribution >= 4 is 12.0 Å². The predicted molar refractivity (Wildman–Crippen MR) is 79.9 cm³/mol. The van der Waals surface area contributed by atoms with Gasteiger partial charge in [0.05, 0.1) is 5.92 Å². The van der Waals surface area contributed by atoms with Gasteiger partial charge < -0.3 is 14.9 Å². The normalized spacial score (nSPS) is 21.4. The molecule has 0 aliphatic carbocycles. The molecule has 0 saturated carbocycles. The van der Waals surface area contributed by atoms with Crippen LogP contribution in [0.2, 0.25) is 0 Å². The van der Waals surface area contributed by atoms with Crippen LogP contribution >= 0.6 is 0 Å². The number of hydrogen-bond acceptors (Lipinski definition) is 2. The SMILES string of the molecule is Cc1cccc(CN(C)C(=O)N2C[C@@H](C)[C@H](C(=O)O)C2)c1. The van der Waals surface area contributed by atoms with Crippen molar-refractivity contribution in [2.75, 3.05) is 20.1 Å². The number of carboxylic acid groups (broad SMARTS) is 1. The van der Waals surface area contributed by atoms with E-state index in [2.05, 4.69) is 6.07 Å². The molecule has 2 atom stereocenters. The molecule has 1 aromatic carbocycles. The first-order valence-electron chi connectivity index (χ1n) is 7.17. The van der Waals surface area contributed by atoms with Gasteiger partial charge in [0.1, 0.15) is 0 Å². The summed E-state index contributed by atoms with van der Waals surface area (Å²) in [7, 11) is 1.75. The van der Waals surface area contributed by atoms with E-state index >= 15 is 0 Å². The first kappa shape index (κ1) is 15.4. The van der Waals surface area contributed by atoms with Gasteiger partial charge in [-0.2, -0.15) is 0 Å². The van der Waals surface area contributed by atoms with Crippen LogP contribution in [0.25, 0.3) is 0 Å². The maximum atomic E-state index is 12.4. The van der Waals surface area contributed by atoms with Gasteiger partial charge in [-0.15, -0.1) is 0 Å². The van der Waals surface area contributed by atoms with Crippen LogP contribution in [0.3, 0.4) is 0 Å². The van der Waals surface area contributed by atoms with Crippen molar-refractivity contribution in [3.8, 4) is 0 Å². The maximum Gasteiger partial charge on any atom is 0.320 e. The second kappa shape index (κ2) is 6.16. The van der Waals surface area contributed by atoms with Crippen LogP contribution in [-0.4, -0.2) is 47.0 Å². The molecule has 2 rings (SSSR count). The molecule has 1 heterocycles. The standard InChI is InChI=1S/C16H22N2O3/c1-11-5-4-6-13(7-11)9-17(3)16(21)18-8-12(2)14(10-18)15(19)20/h4-7,12,14H,8-10H2,1-3H3,(H,19,20)/t12-,14-/m1/s1. The molecule has 5 heteroatoms. The lowest BCUT2D eigenvalue weighted by atomic mass is 9.99. The summed E-state index contributed by atoms with van der Waals surface area (Å²) >= 11 is 0. The molecular formula is C16H22N2O3. The quantitative estimate of drug-likeness (QED) is 0.928. The van der Waals surface area contributed by atoms with E-state index in [0.29, 0.717) is 19.6 Å². The number of nitrogens with zero attached hydrogens (tertiary/aromatic N) is 2. The molecule has 1 aliphatic heterocycles. The maximum absolute atomic E-state index is 12.4. The van der Waals surface area contributed by atoms with E-state index in [0.717, 1.165) is 11.1 Å². The molecular weight excluding hydrogens is 268 g/mol. The Morgan fingerprint density at radius 2 is 2.10 bits per heavy atom. The van der Waals surface area contributed by atoms with E-state index in [9.17, 15) is 9.59 Å². The van der Waals surface area contributed by atoms with Crippen molar-refractivity contribution < 1.29 is 14.7 Å². The van der Waals surface area contributed by atoms with Gasteiger partial charge in [-0.25, -0.2) is 4.79 Å². The molecule has 1 N–H and O–H groups in total. The number of hydrogen-bond donors (Lipinski definition) is 1. The van der Waals surface area contributed by atoms with Crippen molar-refractivity contribution in [2.45, 2.75) is 20.4 Å². The molecule has 1 aromatic rings. The molecule has 0 spiro atoms. The third kappa shape index (κ3) is 3.54. The van der Waals surface area contributed by atoms with Crippen LogP contribution in [0.5, 0.6) is 0 Å². The van der Waals surface area contributed by atoms with Crippen molar-refractivity contribution in [1.29, 1.82) is 0 Å². The Morgan fingerprint density at radius 3 is 2.67 bits per heavy atom. The Morgan fingerprint density at radius 1 is 1.38 bits per heavy atom. The van der Waals surface area contributed by atoms with Crippen LogP contribution in [-0.2, 0) is 11.3 Å². The number of benzene rings is 1. The van der Waals surface area contributed by atoms with Crippen LogP contribution in [0.15, 0.2) is 24.3 Å². The third-order valence-electron chi connectivity index (χ3n) is 4.03. The number of carboxylic acids is 1. The molecule has 21 heavy (non-hydrogen) atoms. The lowest BCUT2D eigenvalue weighted by Crippen LogP contribution is -2.40. The zero-order valence-corrected chi connectivity index (χ0v) is 12.7. The van der Waals surface area contributed by atoms with Crippen molar-refractivity contribution in [2.24, 2.45) is 11.8 Å². The lowest BCUT2D eigenvalue weighted by molar-refractivity contribution is -0.142. The smallest absolute Gasteiger partial charge is 0.320 e. The summed E-state index contributed by atoms with van der Waals surface area (Å²) in [6.45, 7) is 5.24. The zero-order chi connectivity index (χ0) is 15.6. The predicted octanol–water partition coefficient (Wildman–Crippen LogP) is 2.20. The van der Waals surface area contributed by atoms with Gasteiger partial charge in [-0.1, -0.05) is 36.8 Å². The van der Waals surface area contributed by atoms with Crippen LogP contribution in [0, 0.1) is 18.8 Å². The van der Waals surface area contributed by atoms with E-state index in [1.807, 2.05) is 32.0 Å². The average molecular weight is 290 g/mol. The molecule has 0 unspecified atom stereocenters. The Balaban J connectivity index is 1.99. The van der Waals surface area contributed by atoms with Crippen molar-refractivity contribution in [1.82, 2.24) is 9.80 Å². The number of aryl methyl sites for hydroxylation is 1. The van der Waals surface area contributed by atoms with Crippen molar-refractivity contribution in [3.05, 3.63) is 35.4 Å². The van der Waals surface area contributed by atoms with E-state index in [4.69, 9.17) is 5.11 Å². The minimum absolute atomic E-state index is 0.00109. The Labute approximate surface area is 125 Å². The lowest BCUT2D eigenvalue weighted by Gasteiger charge is -2.24. The Bertz CT molecular complexity index is 544. The number of carbonyl (C=O) groups excluding carboxylic acids is 1. The molecule has 114 valence electrons. The summed E-state index contributed by atoms with van der Waals surface area (Å²) in [5.41, 5.74) is 2.24. The second-order valence-corrected chi connectivity index (χ2v) is 5.95. The summed E-state index contributed by atoms with van der Waals surface area (Å²) in [5, 5.41) is 9.14. The van der Waals surface area contributed by atoms with Gasteiger partial charge in [0, 0.05) is 26.7 Å². The summed E-state index contributed by atoms with van der Waals surface area (Å²) in [6, 6.07) is 7.93. The van der Waals surface area contributed by atoms with Crippen LogP contribution < -0.4 is 0 Å². The van der Waals surface area contributed by atoms with Gasteiger partial charge in [0.15, 0.2) is 0 Å². The number of carbonyl (C=O) groups is 2. The molecule has 5 nitrogen and oxygen atoms in total. The van der Waals surface area contributed by atoms with Gasteiger partial charge >= 0.3 is 12.0 Å². The van der Waals surface area contributed by atoms with Crippen LogP contribution in [0.1, 0.15) is 18.1 Å². The highest BCUT2D eigenvalue weighted by molar-refractivity contribution is 5.77. The number of amides is 2. The number of likely N-dealkylation sites (tertiary alicyclic amines) is 1. The Hall–Kier alpha value is -2.04. The molecule has 2 amide bonds. The fourth-order valence-corrected chi connectivity index (χ4v) is 2.84. The molecule has 1 fully saturated rings.